The van der Waals surface area contributed by atoms with Crippen molar-refractivity contribution in [2.75, 3.05) is 0 Å². The highest BCUT2D eigenvalue weighted by molar-refractivity contribution is 7.89. The Bertz CT molecular complexity index is 1000. The molecule has 0 aliphatic carbocycles. The quantitative estimate of drug-likeness (QED) is 0.738. The molecule has 0 aliphatic heterocycles. The Morgan fingerprint density at radius 1 is 0.926 bits per heavy atom. The molecule has 2 aromatic rings. The van der Waals surface area contributed by atoms with Gasteiger partial charge in [-0.15, -0.1) is 13.2 Å². The molecule has 0 heterocycles. The summed E-state index contributed by atoms with van der Waals surface area (Å²) in [5.74, 6) is -0.548. The molecule has 2 rings (SSSR count). The van der Waals surface area contributed by atoms with Crippen molar-refractivity contribution in [1.29, 1.82) is 0 Å². The molecule has 0 saturated heterocycles. The van der Waals surface area contributed by atoms with E-state index >= 15 is 0 Å². The maximum Gasteiger partial charge on any atom is 0.573 e. The molecule has 0 spiro atoms. The number of nitrogens with one attached hydrogen (secondary N) is 1. The molecular weight excluding hydrogens is 409 g/mol. The van der Waals surface area contributed by atoms with Crippen LogP contribution in [0.15, 0.2) is 58.3 Å². The summed E-state index contributed by atoms with van der Waals surface area (Å²) in [6.45, 7) is 1.52. The molecule has 148 valence electrons. The minimum Gasteiger partial charge on any atom is -0.406 e. The van der Waals surface area contributed by atoms with Gasteiger partial charge in [0.2, 0.25) is 20.0 Å². The molecule has 3 N–H and O–H groups in total. The minimum atomic E-state index is -4.88. The lowest BCUT2D eigenvalue weighted by molar-refractivity contribution is -0.274. The zero-order chi connectivity index (χ0) is 20.5. The van der Waals surface area contributed by atoms with Crippen molar-refractivity contribution in [1.82, 2.24) is 4.72 Å². The van der Waals surface area contributed by atoms with E-state index in [0.29, 0.717) is 5.56 Å². The number of benzene rings is 2. The monoisotopic (exact) mass is 424 g/mol. The van der Waals surface area contributed by atoms with Crippen LogP contribution < -0.4 is 14.6 Å². The average molecular weight is 424 g/mol. The molecule has 2 aromatic carbocycles. The number of primary sulfonamides is 1. The summed E-state index contributed by atoms with van der Waals surface area (Å²) in [6.07, 6.45) is -4.88. The van der Waals surface area contributed by atoms with E-state index in [1.54, 1.807) is 0 Å². The lowest BCUT2D eigenvalue weighted by atomic mass is 10.1. The second kappa shape index (κ2) is 7.46. The van der Waals surface area contributed by atoms with Crippen LogP contribution in [-0.4, -0.2) is 23.2 Å². The summed E-state index contributed by atoms with van der Waals surface area (Å²) in [5.41, 5.74) is 0.461. The first-order chi connectivity index (χ1) is 12.3. The van der Waals surface area contributed by atoms with E-state index in [-0.39, 0.29) is 9.79 Å². The Hall–Kier alpha value is -2.15. The van der Waals surface area contributed by atoms with Gasteiger partial charge in [-0.2, -0.15) is 0 Å². The number of rotatable bonds is 6. The summed E-state index contributed by atoms with van der Waals surface area (Å²) in [4.78, 5) is -0.383. The first-order valence-corrected chi connectivity index (χ1v) is 10.3. The van der Waals surface area contributed by atoms with Crippen LogP contribution in [0.5, 0.6) is 5.75 Å². The molecule has 0 aromatic heterocycles. The summed E-state index contributed by atoms with van der Waals surface area (Å²) in [7, 11) is -7.91. The van der Waals surface area contributed by atoms with E-state index in [1.807, 2.05) is 0 Å². The number of halogens is 3. The number of ether oxygens (including phenoxy) is 1. The van der Waals surface area contributed by atoms with Gasteiger partial charge in [-0.1, -0.05) is 12.1 Å². The highest BCUT2D eigenvalue weighted by atomic mass is 32.2. The SMILES string of the molecule is C[C@@H](NS(=O)(=O)c1ccc(OC(F)(F)F)cc1)c1ccc(S(N)(=O)=O)cc1. The summed E-state index contributed by atoms with van der Waals surface area (Å²) >= 11 is 0. The van der Waals surface area contributed by atoms with Crippen LogP contribution in [-0.2, 0) is 20.0 Å². The van der Waals surface area contributed by atoms with Crippen molar-refractivity contribution in [3.8, 4) is 5.75 Å². The van der Waals surface area contributed by atoms with Crippen LogP contribution in [0, 0.1) is 0 Å². The molecule has 0 saturated carbocycles. The third-order valence-corrected chi connectivity index (χ3v) is 5.89. The van der Waals surface area contributed by atoms with Crippen molar-refractivity contribution in [2.45, 2.75) is 29.1 Å². The second-order valence-corrected chi connectivity index (χ2v) is 8.75. The van der Waals surface area contributed by atoms with Crippen LogP contribution in [0.4, 0.5) is 13.2 Å². The second-order valence-electron chi connectivity index (χ2n) is 5.48. The minimum absolute atomic E-state index is 0.124. The number of sulfonamides is 2. The van der Waals surface area contributed by atoms with E-state index in [1.165, 1.54) is 31.2 Å². The normalized spacial score (nSPS) is 14.0. The van der Waals surface area contributed by atoms with E-state index in [9.17, 15) is 30.0 Å². The summed E-state index contributed by atoms with van der Waals surface area (Å²) in [5, 5.41) is 4.99. The van der Waals surface area contributed by atoms with Gasteiger partial charge in [0.05, 0.1) is 9.79 Å². The fraction of sp³-hybridized carbons (Fsp3) is 0.200. The maximum atomic E-state index is 12.3. The topological polar surface area (TPSA) is 116 Å². The molecular formula is C15H15F3N2O5S2. The van der Waals surface area contributed by atoms with E-state index in [4.69, 9.17) is 5.14 Å². The van der Waals surface area contributed by atoms with Gasteiger partial charge in [0.1, 0.15) is 5.75 Å². The van der Waals surface area contributed by atoms with Gasteiger partial charge in [0.25, 0.3) is 0 Å². The Morgan fingerprint density at radius 3 is 1.85 bits per heavy atom. The average Bonchev–Trinajstić information content (AvgIpc) is 2.52. The summed E-state index contributed by atoms with van der Waals surface area (Å²) < 4.78 is 89.6. The molecule has 0 bridgehead atoms. The Balaban J connectivity index is 2.15. The molecule has 7 nitrogen and oxygen atoms in total. The number of alkyl halides is 3. The van der Waals surface area contributed by atoms with Crippen LogP contribution in [0.25, 0.3) is 0 Å². The van der Waals surface area contributed by atoms with Crippen molar-refractivity contribution in [3.05, 3.63) is 54.1 Å². The zero-order valence-corrected chi connectivity index (χ0v) is 15.4. The fourth-order valence-corrected chi connectivity index (χ4v) is 3.88. The molecule has 0 radical (unpaired) electrons. The van der Waals surface area contributed by atoms with Crippen molar-refractivity contribution >= 4 is 20.0 Å². The first kappa shape index (κ1) is 21.2. The largest absolute Gasteiger partial charge is 0.573 e. The van der Waals surface area contributed by atoms with Crippen LogP contribution in [0.2, 0.25) is 0 Å². The molecule has 0 unspecified atom stereocenters. The highest BCUT2D eigenvalue weighted by Crippen LogP contribution is 2.25. The summed E-state index contributed by atoms with van der Waals surface area (Å²) in [6, 6.07) is 8.23. The molecule has 1 atom stereocenters. The predicted molar refractivity (Wildman–Crippen MR) is 89.7 cm³/mol. The third kappa shape index (κ3) is 5.92. The van der Waals surface area contributed by atoms with Gasteiger partial charge in [-0.25, -0.2) is 26.7 Å². The number of hydrogen-bond donors (Lipinski definition) is 2. The third-order valence-electron chi connectivity index (χ3n) is 3.41. The maximum absolute atomic E-state index is 12.3. The smallest absolute Gasteiger partial charge is 0.406 e. The Kier molecular flexibility index (Phi) is 5.85. The van der Waals surface area contributed by atoms with Crippen molar-refractivity contribution in [3.63, 3.8) is 0 Å². The van der Waals surface area contributed by atoms with E-state index in [2.05, 4.69) is 9.46 Å². The van der Waals surface area contributed by atoms with Crippen LogP contribution >= 0.6 is 0 Å². The highest BCUT2D eigenvalue weighted by Gasteiger charge is 2.31. The standard InChI is InChI=1S/C15H15F3N2O5S2/c1-10(11-2-6-13(7-3-11)26(19,21)22)20-27(23,24)14-8-4-12(5-9-14)25-15(16,17)18/h2-10,20H,1H3,(H2,19,21,22)/t10-/m1/s1. The van der Waals surface area contributed by atoms with Crippen LogP contribution in [0.3, 0.4) is 0 Å². The molecule has 12 heteroatoms. The van der Waals surface area contributed by atoms with Crippen molar-refractivity contribution in [2.24, 2.45) is 5.14 Å². The molecule has 0 fully saturated rings. The first-order valence-electron chi connectivity index (χ1n) is 7.29. The van der Waals surface area contributed by atoms with Gasteiger partial charge < -0.3 is 4.74 Å². The predicted octanol–water partition coefficient (Wildman–Crippen LogP) is 2.27. The van der Waals surface area contributed by atoms with Gasteiger partial charge in [-0.3, -0.25) is 0 Å². The molecule has 0 amide bonds. The van der Waals surface area contributed by atoms with Crippen molar-refractivity contribution < 1.29 is 34.7 Å². The van der Waals surface area contributed by atoms with E-state index < -0.39 is 38.2 Å². The Labute approximate surface area is 154 Å². The van der Waals surface area contributed by atoms with Crippen LogP contribution in [0.1, 0.15) is 18.5 Å². The van der Waals surface area contributed by atoms with Gasteiger partial charge >= 0.3 is 6.36 Å². The Morgan fingerprint density at radius 2 is 1.41 bits per heavy atom. The lowest BCUT2D eigenvalue weighted by Crippen LogP contribution is -2.27. The fourth-order valence-electron chi connectivity index (χ4n) is 2.14. The van der Waals surface area contributed by atoms with Gasteiger partial charge in [0, 0.05) is 6.04 Å². The molecule has 0 aliphatic rings. The molecule has 27 heavy (non-hydrogen) atoms. The van der Waals surface area contributed by atoms with E-state index in [0.717, 1.165) is 24.3 Å². The zero-order valence-electron chi connectivity index (χ0n) is 13.8. The van der Waals surface area contributed by atoms with Gasteiger partial charge in [0.15, 0.2) is 0 Å². The number of nitrogens with two attached hydrogens (primary N) is 1. The number of hydrogen-bond acceptors (Lipinski definition) is 5. The lowest BCUT2D eigenvalue weighted by Gasteiger charge is -2.15. The van der Waals surface area contributed by atoms with Gasteiger partial charge in [-0.05, 0) is 48.9 Å².